The quantitative estimate of drug-likeness (QED) is 0.462. The van der Waals surface area contributed by atoms with Crippen molar-refractivity contribution in [3.63, 3.8) is 0 Å². The summed E-state index contributed by atoms with van der Waals surface area (Å²) >= 11 is 0. The van der Waals surface area contributed by atoms with Gasteiger partial charge >= 0.3 is 6.09 Å². The smallest absolute Gasteiger partial charge is 0.421 e. The Balaban J connectivity index is 1.57. The second-order valence-electron chi connectivity index (χ2n) is 11.3. The Morgan fingerprint density at radius 1 is 1.05 bits per heavy atom. The summed E-state index contributed by atoms with van der Waals surface area (Å²) in [5, 5.41) is 13.4. The summed E-state index contributed by atoms with van der Waals surface area (Å²) < 4.78 is 11.2. The average molecular weight is 560 g/mol. The van der Waals surface area contributed by atoms with E-state index in [4.69, 9.17) is 19.4 Å². The third-order valence-electron chi connectivity index (χ3n) is 6.99. The van der Waals surface area contributed by atoms with Gasteiger partial charge in [-0.2, -0.15) is 0 Å². The Labute approximate surface area is 240 Å². The molecular formula is C31H37N5O5. The summed E-state index contributed by atoms with van der Waals surface area (Å²) in [6.45, 7) is 9.28. The number of hydrogen-bond donors (Lipinski definition) is 2. The highest BCUT2D eigenvalue weighted by atomic mass is 16.6. The number of aromatic hydroxyl groups is 1. The van der Waals surface area contributed by atoms with Crippen molar-refractivity contribution < 1.29 is 24.2 Å². The molecule has 1 atom stereocenters. The lowest BCUT2D eigenvalue weighted by Gasteiger charge is -2.30. The van der Waals surface area contributed by atoms with Crippen LogP contribution in [0.25, 0.3) is 22.6 Å². The van der Waals surface area contributed by atoms with E-state index in [9.17, 15) is 14.7 Å². The van der Waals surface area contributed by atoms with E-state index < -0.39 is 11.7 Å². The van der Waals surface area contributed by atoms with Gasteiger partial charge < -0.3 is 24.8 Å². The van der Waals surface area contributed by atoms with Crippen LogP contribution >= 0.6 is 0 Å². The number of benzene rings is 2. The Morgan fingerprint density at radius 3 is 2.51 bits per heavy atom. The number of piperidine rings is 1. The average Bonchev–Trinajstić information content (AvgIpc) is 2.97. The number of aromatic nitrogens is 2. The van der Waals surface area contributed by atoms with Gasteiger partial charge in [0, 0.05) is 36.8 Å². The molecule has 2 saturated heterocycles. The number of nitrogens with one attached hydrogen (secondary N) is 1. The molecule has 10 heteroatoms. The molecule has 0 aliphatic carbocycles. The second kappa shape index (κ2) is 12.2. The zero-order chi connectivity index (χ0) is 29.0. The van der Waals surface area contributed by atoms with Crippen molar-refractivity contribution >= 4 is 23.5 Å². The first-order valence-corrected chi connectivity index (χ1v) is 14.1. The maximum Gasteiger partial charge on any atom is 0.421 e. The highest BCUT2D eigenvalue weighted by molar-refractivity contribution is 6.13. The van der Waals surface area contributed by atoms with Crippen LogP contribution in [0.3, 0.4) is 0 Å². The van der Waals surface area contributed by atoms with Gasteiger partial charge in [-0.1, -0.05) is 24.3 Å². The predicted octanol–water partition coefficient (Wildman–Crippen LogP) is 4.62. The summed E-state index contributed by atoms with van der Waals surface area (Å²) in [7, 11) is 0. The zero-order valence-electron chi connectivity index (χ0n) is 23.8. The fourth-order valence-electron chi connectivity index (χ4n) is 4.99. The van der Waals surface area contributed by atoms with Crippen LogP contribution in [0.1, 0.15) is 33.6 Å². The highest BCUT2D eigenvalue weighted by Gasteiger charge is 2.34. The predicted molar refractivity (Wildman–Crippen MR) is 157 cm³/mol. The van der Waals surface area contributed by atoms with Gasteiger partial charge in [0.25, 0.3) is 0 Å². The van der Waals surface area contributed by atoms with Crippen LogP contribution in [0.2, 0.25) is 0 Å². The lowest BCUT2D eigenvalue weighted by molar-refractivity contribution is -0.122. The minimum absolute atomic E-state index is 0.121. The van der Waals surface area contributed by atoms with E-state index >= 15 is 0 Å². The number of phenols is 1. The molecule has 2 aromatic carbocycles. The van der Waals surface area contributed by atoms with E-state index in [1.165, 1.54) is 0 Å². The van der Waals surface area contributed by atoms with E-state index in [2.05, 4.69) is 10.2 Å². The van der Waals surface area contributed by atoms with Crippen LogP contribution in [0, 0.1) is 5.92 Å². The number of phenolic OH excluding ortho intramolecular Hbond substituents is 1. The van der Waals surface area contributed by atoms with Gasteiger partial charge in [0.05, 0.1) is 30.5 Å². The number of hydrogen-bond acceptors (Lipinski definition) is 9. The van der Waals surface area contributed by atoms with Crippen LogP contribution in [0.15, 0.2) is 54.6 Å². The number of morpholine rings is 1. The van der Waals surface area contributed by atoms with Gasteiger partial charge in [-0.15, -0.1) is 0 Å². The first kappa shape index (κ1) is 28.5. The standard InChI is InChI=1S/C31H37N5O5/c1-31(2,3)41-30(39)36(29(38)23-9-6-12-32-20-23)24-10-4-7-21(17-24)26-19-27(35-13-15-40-16-14-35)34-28(33-26)22-8-5-11-25(37)18-22/h4-5,7-8,10-11,17-19,23,32,37H,6,9,12-16,20H2,1-3H3. The monoisotopic (exact) mass is 559 g/mol. The van der Waals surface area contributed by atoms with Crippen molar-refractivity contribution in [2.45, 2.75) is 39.2 Å². The molecule has 216 valence electrons. The minimum atomic E-state index is -0.770. The van der Waals surface area contributed by atoms with Crippen LogP contribution in [-0.2, 0) is 14.3 Å². The number of amides is 2. The number of carbonyl (C=O) groups is 2. The number of anilines is 2. The molecule has 0 spiro atoms. The Morgan fingerprint density at radius 2 is 1.80 bits per heavy atom. The van der Waals surface area contributed by atoms with Gasteiger partial charge in [-0.3, -0.25) is 4.79 Å². The summed E-state index contributed by atoms with van der Waals surface area (Å²) in [5.74, 6) is 0.689. The van der Waals surface area contributed by atoms with E-state index in [-0.39, 0.29) is 17.6 Å². The summed E-state index contributed by atoms with van der Waals surface area (Å²) in [5.41, 5.74) is 1.65. The van der Waals surface area contributed by atoms with Crippen molar-refractivity contribution in [3.8, 4) is 28.4 Å². The van der Waals surface area contributed by atoms with E-state index in [0.29, 0.717) is 67.6 Å². The van der Waals surface area contributed by atoms with Gasteiger partial charge in [0.15, 0.2) is 5.82 Å². The lowest BCUT2D eigenvalue weighted by Crippen LogP contribution is -2.47. The van der Waals surface area contributed by atoms with Gasteiger partial charge in [-0.25, -0.2) is 19.7 Å². The van der Waals surface area contributed by atoms with Crippen LogP contribution in [0.5, 0.6) is 5.75 Å². The fourth-order valence-corrected chi connectivity index (χ4v) is 4.99. The molecule has 2 aliphatic rings. The minimum Gasteiger partial charge on any atom is -0.508 e. The maximum atomic E-state index is 13.7. The molecule has 3 aromatic rings. The van der Waals surface area contributed by atoms with E-state index in [0.717, 1.165) is 23.7 Å². The molecular weight excluding hydrogens is 522 g/mol. The molecule has 2 fully saturated rings. The fraction of sp³-hybridized carbons (Fsp3) is 0.419. The van der Waals surface area contributed by atoms with Gasteiger partial charge in [-0.05, 0) is 64.4 Å². The third-order valence-corrected chi connectivity index (χ3v) is 6.99. The Hall–Kier alpha value is -4.02. The van der Waals surface area contributed by atoms with Gasteiger partial charge in [0.2, 0.25) is 5.91 Å². The van der Waals surface area contributed by atoms with Crippen LogP contribution in [0.4, 0.5) is 16.3 Å². The van der Waals surface area contributed by atoms with E-state index in [1.54, 1.807) is 57.2 Å². The van der Waals surface area contributed by atoms with E-state index in [1.807, 2.05) is 18.2 Å². The largest absolute Gasteiger partial charge is 0.508 e. The second-order valence-corrected chi connectivity index (χ2v) is 11.3. The summed E-state index contributed by atoms with van der Waals surface area (Å²) in [6.07, 6.45) is 0.858. The Kier molecular flexibility index (Phi) is 8.51. The van der Waals surface area contributed by atoms with Crippen molar-refractivity contribution in [2.75, 3.05) is 49.2 Å². The highest BCUT2D eigenvalue weighted by Crippen LogP contribution is 2.31. The molecule has 1 unspecified atom stereocenters. The number of imide groups is 1. The van der Waals surface area contributed by atoms with Crippen molar-refractivity contribution in [3.05, 3.63) is 54.6 Å². The molecule has 2 aliphatic heterocycles. The maximum absolute atomic E-state index is 13.7. The first-order chi connectivity index (χ1) is 19.7. The summed E-state index contributed by atoms with van der Waals surface area (Å²) in [4.78, 5) is 40.1. The van der Waals surface area contributed by atoms with Crippen molar-refractivity contribution in [1.82, 2.24) is 15.3 Å². The molecule has 41 heavy (non-hydrogen) atoms. The number of carbonyl (C=O) groups excluding carboxylic acids is 2. The van der Waals surface area contributed by atoms with Crippen molar-refractivity contribution in [1.29, 1.82) is 0 Å². The normalized spacial score (nSPS) is 17.6. The number of nitrogens with zero attached hydrogens (tertiary/aromatic N) is 4. The number of rotatable bonds is 5. The molecule has 0 saturated carbocycles. The topological polar surface area (TPSA) is 117 Å². The van der Waals surface area contributed by atoms with Crippen molar-refractivity contribution in [2.24, 2.45) is 5.92 Å². The first-order valence-electron chi connectivity index (χ1n) is 14.1. The molecule has 2 N–H and O–H groups in total. The molecule has 1 aromatic heterocycles. The zero-order valence-corrected chi connectivity index (χ0v) is 23.8. The lowest BCUT2D eigenvalue weighted by atomic mass is 9.97. The molecule has 2 amide bonds. The third kappa shape index (κ3) is 7.01. The molecule has 0 radical (unpaired) electrons. The Bertz CT molecular complexity index is 1390. The molecule has 10 nitrogen and oxygen atoms in total. The SMILES string of the molecule is CC(C)(C)OC(=O)N(C(=O)C1CCCNC1)c1cccc(-c2cc(N3CCOCC3)nc(-c3cccc(O)c3)n2)c1. The summed E-state index contributed by atoms with van der Waals surface area (Å²) in [6, 6.07) is 15.9. The van der Waals surface area contributed by atoms with Gasteiger partial charge in [0.1, 0.15) is 17.2 Å². The molecule has 5 rings (SSSR count). The molecule has 3 heterocycles. The number of ether oxygens (including phenoxy) is 2. The molecule has 0 bridgehead atoms. The van der Waals surface area contributed by atoms with Crippen LogP contribution in [-0.4, -0.2) is 72.1 Å². The van der Waals surface area contributed by atoms with Crippen LogP contribution < -0.4 is 15.1 Å².